The molecule has 1 aliphatic rings. The van der Waals surface area contributed by atoms with E-state index in [-0.39, 0.29) is 23.8 Å². The lowest BCUT2D eigenvalue weighted by atomic mass is 9.89. The number of likely N-dealkylation sites (tertiary alicyclic amines) is 1. The number of piperidine rings is 1. The summed E-state index contributed by atoms with van der Waals surface area (Å²) in [4.78, 5) is 29.2. The largest absolute Gasteiger partial charge is 0.356 e. The molecule has 0 aliphatic carbocycles. The Labute approximate surface area is 210 Å². The molecule has 0 bridgehead atoms. The van der Waals surface area contributed by atoms with Gasteiger partial charge in [0.2, 0.25) is 5.91 Å². The van der Waals surface area contributed by atoms with Crippen molar-refractivity contribution in [3.63, 3.8) is 0 Å². The first-order valence-electron chi connectivity index (χ1n) is 12.1. The number of carbonyl (C=O) groups is 1. The predicted molar refractivity (Wildman–Crippen MR) is 134 cm³/mol. The van der Waals surface area contributed by atoms with Crippen LogP contribution in [0.3, 0.4) is 0 Å². The fraction of sp³-hybridized carbons (Fsp3) is 0.357. The molecule has 1 saturated heterocycles. The van der Waals surface area contributed by atoms with Gasteiger partial charge in [0.25, 0.3) is 0 Å². The number of aryl methyl sites for hydroxylation is 2. The van der Waals surface area contributed by atoms with Crippen molar-refractivity contribution in [1.82, 2.24) is 14.9 Å². The van der Waals surface area contributed by atoms with E-state index in [0.29, 0.717) is 43.2 Å². The first-order valence-corrected chi connectivity index (χ1v) is 12.1. The summed E-state index contributed by atoms with van der Waals surface area (Å²) in [6, 6.07) is 9.47. The Morgan fingerprint density at radius 3 is 2.44 bits per heavy atom. The van der Waals surface area contributed by atoms with E-state index >= 15 is 0 Å². The Hall–Kier alpha value is -3.68. The number of amides is 1. The summed E-state index contributed by atoms with van der Waals surface area (Å²) in [5.41, 5.74) is 4.32. The van der Waals surface area contributed by atoms with E-state index < -0.39 is 11.6 Å². The Morgan fingerprint density at radius 1 is 1.08 bits per heavy atom. The molecule has 2 aromatic carbocycles. The van der Waals surface area contributed by atoms with Gasteiger partial charge in [-0.2, -0.15) is 0 Å². The number of halogens is 2. The van der Waals surface area contributed by atoms with Gasteiger partial charge in [-0.1, -0.05) is 23.4 Å². The van der Waals surface area contributed by atoms with Gasteiger partial charge >= 0.3 is 0 Å². The third-order valence-corrected chi connectivity index (χ3v) is 6.79. The Kier molecular flexibility index (Phi) is 7.72. The minimum atomic E-state index is -0.697. The third kappa shape index (κ3) is 5.58. The molecular formula is C28H30F2N4O2. The average Bonchev–Trinajstić information content (AvgIpc) is 2.87. The lowest BCUT2D eigenvalue weighted by Crippen LogP contribution is -2.39. The van der Waals surface area contributed by atoms with Gasteiger partial charge in [0.05, 0.1) is 17.8 Å². The van der Waals surface area contributed by atoms with E-state index in [1.165, 1.54) is 18.2 Å². The molecule has 4 rings (SSSR count). The highest BCUT2D eigenvalue weighted by atomic mass is 19.1. The highest BCUT2D eigenvalue weighted by molar-refractivity contribution is 5.99. The number of benzene rings is 2. The van der Waals surface area contributed by atoms with Crippen molar-refractivity contribution in [3.05, 3.63) is 88.0 Å². The molecule has 2 heterocycles. The molecule has 0 radical (unpaired) electrons. The number of hydrogen-bond acceptors (Lipinski definition) is 5. The van der Waals surface area contributed by atoms with E-state index in [9.17, 15) is 13.6 Å². The molecule has 3 aromatic rings. The van der Waals surface area contributed by atoms with Gasteiger partial charge in [-0.15, -0.1) is 0 Å². The van der Waals surface area contributed by atoms with Gasteiger partial charge < -0.3 is 9.74 Å². The summed E-state index contributed by atoms with van der Waals surface area (Å²) >= 11 is 0. The molecular weight excluding hydrogens is 462 g/mol. The van der Waals surface area contributed by atoms with Gasteiger partial charge in [-0.25, -0.2) is 18.7 Å². The zero-order valence-electron chi connectivity index (χ0n) is 21.0. The van der Waals surface area contributed by atoms with E-state index in [1.807, 2.05) is 45.9 Å². The fourth-order valence-electron chi connectivity index (χ4n) is 4.43. The van der Waals surface area contributed by atoms with Crippen LogP contribution in [0.2, 0.25) is 0 Å². The van der Waals surface area contributed by atoms with Crippen molar-refractivity contribution >= 4 is 11.6 Å². The zero-order chi connectivity index (χ0) is 25.8. The first kappa shape index (κ1) is 25.4. The molecule has 0 unspecified atom stereocenters. The molecule has 0 N–H and O–H groups in total. The summed E-state index contributed by atoms with van der Waals surface area (Å²) in [6.07, 6.45) is 2.84. The zero-order valence-corrected chi connectivity index (χ0v) is 21.0. The van der Waals surface area contributed by atoms with E-state index in [4.69, 9.17) is 9.82 Å². The van der Waals surface area contributed by atoms with Gasteiger partial charge in [-0.3, -0.25) is 4.79 Å². The summed E-state index contributed by atoms with van der Waals surface area (Å²) in [6.45, 7) is 8.69. The maximum Gasteiger partial charge on any atom is 0.227 e. The Balaban J connectivity index is 1.47. The molecule has 0 saturated carbocycles. The highest BCUT2D eigenvalue weighted by Crippen LogP contribution is 2.30. The topological polar surface area (TPSA) is 67.7 Å². The highest BCUT2D eigenvalue weighted by Gasteiger charge is 2.28. The van der Waals surface area contributed by atoms with Crippen molar-refractivity contribution < 1.29 is 18.4 Å². The van der Waals surface area contributed by atoms with Crippen LogP contribution < -0.4 is 4.84 Å². The second-order valence-electron chi connectivity index (χ2n) is 9.21. The van der Waals surface area contributed by atoms with Crippen LogP contribution in [-0.4, -0.2) is 39.6 Å². The minimum Gasteiger partial charge on any atom is -0.356 e. The third-order valence-electron chi connectivity index (χ3n) is 6.79. The monoisotopic (exact) mass is 492 g/mol. The maximum atomic E-state index is 14.0. The van der Waals surface area contributed by atoms with Gasteiger partial charge in [0.1, 0.15) is 17.5 Å². The average molecular weight is 493 g/mol. The van der Waals surface area contributed by atoms with Crippen LogP contribution in [0.1, 0.15) is 59.5 Å². The van der Waals surface area contributed by atoms with Crippen molar-refractivity contribution in [2.45, 2.75) is 52.9 Å². The van der Waals surface area contributed by atoms with Crippen molar-refractivity contribution in [2.75, 3.05) is 13.1 Å². The van der Waals surface area contributed by atoms with Crippen LogP contribution in [0.5, 0.6) is 5.75 Å². The van der Waals surface area contributed by atoms with Crippen LogP contribution in [0, 0.1) is 32.4 Å². The maximum absolute atomic E-state index is 14.0. The standard InChI is InChI=1S/C28H30F2N4O2/c1-17-7-5-10-26(18(17)2)36-33-19(3)23-16-31-20(4)32-28(23)21-11-13-34(14-12-21)27(35)15-22-24(29)8-6-9-25(22)30/h5-10,16,21H,11-15H2,1-4H3/b33-19+. The molecule has 188 valence electrons. The molecule has 0 spiro atoms. The molecule has 1 amide bonds. The molecule has 0 atom stereocenters. The second kappa shape index (κ2) is 10.9. The molecule has 1 aromatic heterocycles. The SMILES string of the molecule is C/C(=N\Oc1cccc(C)c1C)c1cnc(C)nc1C1CCN(C(=O)Cc2c(F)cccc2F)CC1. The first-order chi connectivity index (χ1) is 17.2. The Bertz CT molecular complexity index is 1280. The smallest absolute Gasteiger partial charge is 0.227 e. The number of oxime groups is 1. The number of hydrogen-bond donors (Lipinski definition) is 0. The lowest BCUT2D eigenvalue weighted by molar-refractivity contribution is -0.131. The summed E-state index contributed by atoms with van der Waals surface area (Å²) < 4.78 is 28.0. The number of nitrogens with zero attached hydrogens (tertiary/aromatic N) is 4. The van der Waals surface area contributed by atoms with Crippen LogP contribution in [-0.2, 0) is 11.2 Å². The van der Waals surface area contributed by atoms with E-state index in [1.54, 1.807) is 11.1 Å². The van der Waals surface area contributed by atoms with Crippen molar-refractivity contribution in [3.8, 4) is 5.75 Å². The summed E-state index contributed by atoms with van der Waals surface area (Å²) in [5.74, 6) is -0.222. The van der Waals surface area contributed by atoms with E-state index in [2.05, 4.69) is 10.1 Å². The Morgan fingerprint density at radius 2 is 1.75 bits per heavy atom. The van der Waals surface area contributed by atoms with E-state index in [0.717, 1.165) is 22.4 Å². The van der Waals surface area contributed by atoms with Crippen LogP contribution in [0.4, 0.5) is 8.78 Å². The van der Waals surface area contributed by atoms with Crippen molar-refractivity contribution in [1.29, 1.82) is 0 Å². The number of carbonyl (C=O) groups excluding carboxylic acids is 1. The molecule has 36 heavy (non-hydrogen) atoms. The number of rotatable bonds is 6. The second-order valence-corrected chi connectivity index (χ2v) is 9.21. The molecule has 8 heteroatoms. The molecule has 6 nitrogen and oxygen atoms in total. The van der Waals surface area contributed by atoms with Crippen LogP contribution in [0.25, 0.3) is 0 Å². The fourth-order valence-corrected chi connectivity index (χ4v) is 4.43. The molecule has 1 fully saturated rings. The van der Waals surface area contributed by atoms with Gasteiger partial charge in [0, 0.05) is 36.3 Å². The summed E-state index contributed by atoms with van der Waals surface area (Å²) in [5, 5.41) is 4.36. The predicted octanol–water partition coefficient (Wildman–Crippen LogP) is 5.43. The minimum absolute atomic E-state index is 0.0989. The van der Waals surface area contributed by atoms with Crippen LogP contribution >= 0.6 is 0 Å². The van der Waals surface area contributed by atoms with Crippen LogP contribution in [0.15, 0.2) is 47.8 Å². The molecule has 1 aliphatic heterocycles. The lowest BCUT2D eigenvalue weighted by Gasteiger charge is -2.32. The van der Waals surface area contributed by atoms with Gasteiger partial charge in [-0.05, 0) is 69.9 Å². The quantitative estimate of drug-likeness (QED) is 0.340. The van der Waals surface area contributed by atoms with Crippen molar-refractivity contribution in [2.24, 2.45) is 5.16 Å². The normalized spacial score (nSPS) is 14.7. The van der Waals surface area contributed by atoms with Gasteiger partial charge in [0.15, 0.2) is 5.75 Å². The number of aromatic nitrogens is 2. The summed E-state index contributed by atoms with van der Waals surface area (Å²) in [7, 11) is 0.